The maximum Gasteiger partial charge on any atom is 0.256 e. The van der Waals surface area contributed by atoms with Crippen LogP contribution in [0.1, 0.15) is 74.9 Å². The fraction of sp³-hybridized carbons (Fsp3) is 0.394. The van der Waals surface area contributed by atoms with Crippen LogP contribution >= 0.6 is 0 Å². The number of nitrogens with zero attached hydrogens (tertiary/aromatic N) is 1. The van der Waals surface area contributed by atoms with Gasteiger partial charge in [0.05, 0.1) is 12.1 Å². The Hall–Kier alpha value is -3.31. The van der Waals surface area contributed by atoms with Gasteiger partial charge in [0.1, 0.15) is 11.7 Å². The van der Waals surface area contributed by atoms with Gasteiger partial charge in [0.2, 0.25) is 0 Å². The number of hydrogen-bond acceptors (Lipinski definition) is 3. The van der Waals surface area contributed by atoms with E-state index in [0.717, 1.165) is 24.8 Å². The van der Waals surface area contributed by atoms with Gasteiger partial charge in [0, 0.05) is 17.7 Å². The molecule has 5 heteroatoms. The molecule has 0 aliphatic carbocycles. The van der Waals surface area contributed by atoms with Gasteiger partial charge >= 0.3 is 0 Å². The van der Waals surface area contributed by atoms with Crippen LogP contribution in [0.25, 0.3) is 0 Å². The fourth-order valence-electron chi connectivity index (χ4n) is 5.42. The second-order valence-corrected chi connectivity index (χ2v) is 10.0. The molecule has 0 saturated carbocycles. The van der Waals surface area contributed by atoms with Crippen molar-refractivity contribution < 1.29 is 13.9 Å². The van der Waals surface area contributed by atoms with E-state index in [4.69, 9.17) is 9.73 Å². The van der Waals surface area contributed by atoms with Crippen molar-refractivity contribution in [2.75, 3.05) is 6.61 Å². The van der Waals surface area contributed by atoms with E-state index in [1.54, 1.807) is 25.1 Å². The van der Waals surface area contributed by atoms with E-state index in [1.807, 2.05) is 48.5 Å². The first-order chi connectivity index (χ1) is 18.4. The number of hydrogen-bond donors (Lipinski definition) is 1. The average molecular weight is 517 g/mol. The molecule has 3 unspecified atom stereocenters. The minimum absolute atomic E-state index is 0.00343. The van der Waals surface area contributed by atoms with Crippen LogP contribution in [0.5, 0.6) is 0 Å². The van der Waals surface area contributed by atoms with E-state index in [2.05, 4.69) is 38.2 Å². The minimum Gasteiger partial charge on any atom is -0.376 e. The van der Waals surface area contributed by atoms with Crippen LogP contribution in [-0.2, 0) is 16.9 Å². The number of amidine groups is 1. The number of rotatable bonds is 13. The van der Waals surface area contributed by atoms with Crippen LogP contribution < -0.4 is 5.32 Å². The molecule has 3 aromatic rings. The first-order valence-corrected chi connectivity index (χ1v) is 13.7. The molecule has 38 heavy (non-hydrogen) atoms. The number of ether oxygens (including phenoxy) is 1. The molecule has 3 atom stereocenters. The molecule has 3 aromatic carbocycles. The lowest BCUT2D eigenvalue weighted by molar-refractivity contribution is 0.0447. The van der Waals surface area contributed by atoms with Crippen molar-refractivity contribution in [2.24, 2.45) is 16.8 Å². The predicted octanol–water partition coefficient (Wildman–Crippen LogP) is 7.94. The highest BCUT2D eigenvalue weighted by Gasteiger charge is 2.43. The Bertz CT molecular complexity index is 1170. The van der Waals surface area contributed by atoms with E-state index in [0.29, 0.717) is 36.6 Å². The predicted molar refractivity (Wildman–Crippen MR) is 154 cm³/mol. The van der Waals surface area contributed by atoms with E-state index in [9.17, 15) is 4.79 Å². The molecule has 1 N–H and O–H groups in total. The van der Waals surface area contributed by atoms with Crippen molar-refractivity contribution in [3.8, 4) is 0 Å². The average Bonchev–Trinajstić information content (AvgIpc) is 2.92. The molecule has 202 valence electrons. The summed E-state index contributed by atoms with van der Waals surface area (Å²) in [5.41, 5.74) is 1.41. The van der Waals surface area contributed by atoms with Crippen molar-refractivity contribution in [3.05, 3.63) is 107 Å². The van der Waals surface area contributed by atoms with E-state index in [1.165, 1.54) is 6.07 Å². The van der Waals surface area contributed by atoms with Gasteiger partial charge in [-0.1, -0.05) is 100 Å². The molecule has 4 nitrogen and oxygen atoms in total. The summed E-state index contributed by atoms with van der Waals surface area (Å²) in [5, 5.41) is 2.96. The standard InChI is InChI=1S/C33H41FN2O2/c1-5-15-29(25(3)23-38-24-27-16-9-7-10-17-27)33(22-6-2,30-20-13-14-21-31(30)34)36-26(4)35-32(37)28-18-11-8-12-19-28/h7-14,16-21,25,29H,5-6,15,22-24H2,1-4H3,(H,35,36,37). The molecule has 0 fully saturated rings. The second-order valence-electron chi connectivity index (χ2n) is 10.0. The van der Waals surface area contributed by atoms with Crippen LogP contribution in [-0.4, -0.2) is 18.3 Å². The Morgan fingerprint density at radius 1 is 0.947 bits per heavy atom. The molecule has 0 saturated heterocycles. The Morgan fingerprint density at radius 3 is 2.21 bits per heavy atom. The van der Waals surface area contributed by atoms with Gasteiger partial charge in [0.15, 0.2) is 0 Å². The lowest BCUT2D eigenvalue weighted by Crippen LogP contribution is -2.42. The van der Waals surface area contributed by atoms with Crippen molar-refractivity contribution in [1.82, 2.24) is 5.32 Å². The van der Waals surface area contributed by atoms with Crippen molar-refractivity contribution in [1.29, 1.82) is 0 Å². The largest absolute Gasteiger partial charge is 0.376 e. The van der Waals surface area contributed by atoms with Gasteiger partial charge in [0.25, 0.3) is 5.91 Å². The van der Waals surface area contributed by atoms with E-state index < -0.39 is 5.54 Å². The first-order valence-electron chi connectivity index (χ1n) is 13.7. The molecule has 0 bridgehead atoms. The Balaban J connectivity index is 1.98. The van der Waals surface area contributed by atoms with Gasteiger partial charge < -0.3 is 10.1 Å². The van der Waals surface area contributed by atoms with Gasteiger partial charge in [-0.05, 0) is 55.4 Å². The normalized spacial score (nSPS) is 14.9. The Morgan fingerprint density at radius 2 is 1.58 bits per heavy atom. The minimum atomic E-state index is -0.848. The monoisotopic (exact) mass is 516 g/mol. The lowest BCUT2D eigenvalue weighted by atomic mass is 9.68. The molecule has 3 rings (SSSR count). The molecule has 0 aliphatic heterocycles. The zero-order valence-corrected chi connectivity index (χ0v) is 23.1. The van der Waals surface area contributed by atoms with Crippen molar-refractivity contribution in [2.45, 2.75) is 65.5 Å². The summed E-state index contributed by atoms with van der Waals surface area (Å²) in [6, 6.07) is 26.1. The SMILES string of the molecule is CCCC(C(C)COCc1ccccc1)C(CCC)(N=C(C)NC(=O)c1ccccc1)c1ccccc1F. The summed E-state index contributed by atoms with van der Waals surface area (Å²) in [4.78, 5) is 18.1. The van der Waals surface area contributed by atoms with Crippen LogP contribution in [0, 0.1) is 17.7 Å². The van der Waals surface area contributed by atoms with Gasteiger partial charge in [-0.2, -0.15) is 0 Å². The zero-order chi connectivity index (χ0) is 27.4. The molecule has 0 aromatic heterocycles. The number of amides is 1. The number of benzene rings is 3. The van der Waals surface area contributed by atoms with Gasteiger partial charge in [-0.3, -0.25) is 9.79 Å². The third-order valence-electron chi connectivity index (χ3n) is 7.06. The van der Waals surface area contributed by atoms with Crippen molar-refractivity contribution >= 4 is 11.7 Å². The van der Waals surface area contributed by atoms with E-state index in [-0.39, 0.29) is 23.6 Å². The molecule has 0 spiro atoms. The number of aliphatic imine (C=N–C) groups is 1. The second kappa shape index (κ2) is 14.6. The van der Waals surface area contributed by atoms with Gasteiger partial charge in [-0.15, -0.1) is 0 Å². The number of nitrogens with one attached hydrogen (secondary N) is 1. The number of halogens is 1. The smallest absolute Gasteiger partial charge is 0.256 e. The molecular weight excluding hydrogens is 475 g/mol. The van der Waals surface area contributed by atoms with Crippen LogP contribution in [0.4, 0.5) is 4.39 Å². The topological polar surface area (TPSA) is 50.7 Å². The summed E-state index contributed by atoms with van der Waals surface area (Å²) in [6.07, 6.45) is 3.25. The number of carbonyl (C=O) groups is 1. The summed E-state index contributed by atoms with van der Waals surface area (Å²) < 4.78 is 21.7. The molecule has 0 aliphatic rings. The van der Waals surface area contributed by atoms with Crippen molar-refractivity contribution in [3.63, 3.8) is 0 Å². The Labute approximate surface area is 227 Å². The fourth-order valence-corrected chi connectivity index (χ4v) is 5.42. The third-order valence-corrected chi connectivity index (χ3v) is 7.06. The molecular formula is C33H41FN2O2. The molecule has 0 heterocycles. The zero-order valence-electron chi connectivity index (χ0n) is 23.1. The third kappa shape index (κ3) is 7.61. The lowest BCUT2D eigenvalue weighted by Gasteiger charge is -2.42. The summed E-state index contributed by atoms with van der Waals surface area (Å²) in [7, 11) is 0. The summed E-state index contributed by atoms with van der Waals surface area (Å²) >= 11 is 0. The number of carbonyl (C=O) groups excluding carboxylic acids is 1. The van der Waals surface area contributed by atoms with Crippen LogP contribution in [0.2, 0.25) is 0 Å². The maximum atomic E-state index is 15.5. The summed E-state index contributed by atoms with van der Waals surface area (Å²) in [5.74, 6) is 0.0893. The molecule has 1 amide bonds. The van der Waals surface area contributed by atoms with E-state index >= 15 is 4.39 Å². The Kier molecular flexibility index (Phi) is 11.2. The maximum absolute atomic E-state index is 15.5. The quantitative estimate of drug-likeness (QED) is 0.185. The first kappa shape index (κ1) is 29.2. The summed E-state index contributed by atoms with van der Waals surface area (Å²) in [6.45, 7) is 9.28. The highest BCUT2D eigenvalue weighted by atomic mass is 19.1. The van der Waals surface area contributed by atoms with Gasteiger partial charge in [-0.25, -0.2) is 4.39 Å². The highest BCUT2D eigenvalue weighted by Crippen LogP contribution is 2.46. The highest BCUT2D eigenvalue weighted by molar-refractivity contribution is 6.05. The molecule has 0 radical (unpaired) electrons. The van der Waals surface area contributed by atoms with Crippen LogP contribution in [0.3, 0.4) is 0 Å². The van der Waals surface area contributed by atoms with Crippen LogP contribution in [0.15, 0.2) is 89.9 Å².